The van der Waals surface area contributed by atoms with Crippen LogP contribution >= 0.6 is 0 Å². The van der Waals surface area contributed by atoms with Gasteiger partial charge in [0.05, 0.1) is 6.61 Å². The SMILES string of the molecule is O=c1ccn([C@@H]2O[C@H](CO)[C@@H](O)[C@]2(O)OC(F)(F)F)c(=O)[nH]1. The molecule has 12 heteroatoms. The lowest BCUT2D eigenvalue weighted by Gasteiger charge is -2.31. The molecule has 0 spiro atoms. The molecular weight excluding hydrogens is 317 g/mol. The third-order valence-electron chi connectivity index (χ3n) is 3.00. The Labute approximate surface area is 119 Å². The summed E-state index contributed by atoms with van der Waals surface area (Å²) in [5, 5.41) is 28.7. The molecule has 0 unspecified atom stereocenters. The van der Waals surface area contributed by atoms with Crippen molar-refractivity contribution >= 4 is 0 Å². The Morgan fingerprint density at radius 1 is 1.45 bits per heavy atom. The Morgan fingerprint density at radius 3 is 2.59 bits per heavy atom. The molecule has 0 aromatic carbocycles. The van der Waals surface area contributed by atoms with Crippen LogP contribution in [0.3, 0.4) is 0 Å². The van der Waals surface area contributed by atoms with Crippen molar-refractivity contribution in [1.82, 2.24) is 9.55 Å². The van der Waals surface area contributed by atoms with Crippen molar-refractivity contribution in [2.45, 2.75) is 30.6 Å². The molecule has 0 bridgehead atoms. The van der Waals surface area contributed by atoms with Crippen molar-refractivity contribution in [3.8, 4) is 0 Å². The number of H-pyrrole nitrogens is 1. The zero-order valence-corrected chi connectivity index (χ0v) is 10.6. The van der Waals surface area contributed by atoms with Crippen LogP contribution in [0.1, 0.15) is 6.23 Å². The van der Waals surface area contributed by atoms with Crippen LogP contribution in [-0.2, 0) is 9.47 Å². The van der Waals surface area contributed by atoms with Crippen molar-refractivity contribution in [2.24, 2.45) is 0 Å². The van der Waals surface area contributed by atoms with Gasteiger partial charge in [-0.3, -0.25) is 19.1 Å². The highest BCUT2D eigenvalue weighted by atomic mass is 19.4. The van der Waals surface area contributed by atoms with Crippen LogP contribution in [0.15, 0.2) is 21.9 Å². The number of hydrogen-bond donors (Lipinski definition) is 4. The lowest BCUT2D eigenvalue weighted by atomic mass is 10.1. The molecule has 1 aromatic heterocycles. The molecular formula is C10H11F3N2O7. The molecule has 0 amide bonds. The van der Waals surface area contributed by atoms with Crippen molar-refractivity contribution in [3.05, 3.63) is 33.1 Å². The zero-order valence-electron chi connectivity index (χ0n) is 10.6. The number of aromatic nitrogens is 2. The summed E-state index contributed by atoms with van der Waals surface area (Å²) in [7, 11) is 0. The van der Waals surface area contributed by atoms with Gasteiger partial charge in [-0.2, -0.15) is 0 Å². The van der Waals surface area contributed by atoms with Crippen molar-refractivity contribution < 1.29 is 38.0 Å². The lowest BCUT2D eigenvalue weighted by Crippen LogP contribution is -2.53. The number of aromatic amines is 1. The molecule has 1 saturated heterocycles. The first kappa shape index (κ1) is 16.6. The predicted octanol–water partition coefficient (Wildman–Crippen LogP) is -1.99. The van der Waals surface area contributed by atoms with Gasteiger partial charge in [0.1, 0.15) is 12.2 Å². The van der Waals surface area contributed by atoms with Crippen LogP contribution in [0, 0.1) is 0 Å². The zero-order chi connectivity index (χ0) is 16.7. The van der Waals surface area contributed by atoms with E-state index in [0.29, 0.717) is 4.57 Å². The van der Waals surface area contributed by atoms with Crippen LogP contribution in [0.4, 0.5) is 13.2 Å². The second-order valence-corrected chi connectivity index (χ2v) is 4.47. The second kappa shape index (κ2) is 5.48. The van der Waals surface area contributed by atoms with E-state index in [1.165, 1.54) is 0 Å². The highest BCUT2D eigenvalue weighted by Gasteiger charge is 2.62. The predicted molar refractivity (Wildman–Crippen MR) is 60.4 cm³/mol. The first-order valence-electron chi connectivity index (χ1n) is 5.83. The minimum atomic E-state index is -5.37. The fourth-order valence-electron chi connectivity index (χ4n) is 2.07. The van der Waals surface area contributed by atoms with E-state index in [1.54, 1.807) is 4.98 Å². The standard InChI is InChI=1S/C10H11F3N2O7/c11-10(12,13)22-9(20)6(18)4(3-16)21-7(9)15-2-1-5(17)14-8(15)19/h1-2,4,6-7,16,18,20H,3H2,(H,14,17,19)/t4-,6-,7-,9+/m1/s1. The quantitative estimate of drug-likeness (QED) is 0.472. The molecule has 22 heavy (non-hydrogen) atoms. The summed E-state index contributed by atoms with van der Waals surface area (Å²) in [4.78, 5) is 24.3. The summed E-state index contributed by atoms with van der Waals surface area (Å²) in [5.74, 6) is -3.40. The van der Waals surface area contributed by atoms with Crippen molar-refractivity contribution in [2.75, 3.05) is 6.61 Å². The molecule has 2 rings (SSSR count). The Morgan fingerprint density at radius 2 is 2.09 bits per heavy atom. The molecule has 124 valence electrons. The largest absolute Gasteiger partial charge is 0.525 e. The molecule has 4 atom stereocenters. The Balaban J connectivity index is 2.51. The minimum absolute atomic E-state index is 0.395. The van der Waals surface area contributed by atoms with Gasteiger partial charge in [-0.1, -0.05) is 0 Å². The van der Waals surface area contributed by atoms with Crippen molar-refractivity contribution in [3.63, 3.8) is 0 Å². The van der Waals surface area contributed by atoms with Gasteiger partial charge in [0.25, 0.3) is 5.56 Å². The molecule has 0 radical (unpaired) electrons. The molecule has 0 aliphatic carbocycles. The van der Waals surface area contributed by atoms with E-state index in [-0.39, 0.29) is 0 Å². The lowest BCUT2D eigenvalue weighted by molar-refractivity contribution is -0.433. The summed E-state index contributed by atoms with van der Waals surface area (Å²) in [5.41, 5.74) is -2.04. The summed E-state index contributed by atoms with van der Waals surface area (Å²) in [6.45, 7) is -0.945. The monoisotopic (exact) mass is 328 g/mol. The minimum Gasteiger partial charge on any atom is -0.394 e. The van der Waals surface area contributed by atoms with Crippen LogP contribution in [0.25, 0.3) is 0 Å². The number of ether oxygens (including phenoxy) is 2. The number of nitrogens with zero attached hydrogens (tertiary/aromatic N) is 1. The molecule has 1 aliphatic heterocycles. The average Bonchev–Trinajstić information content (AvgIpc) is 2.60. The van der Waals surface area contributed by atoms with E-state index in [1.807, 2.05) is 0 Å². The van der Waals surface area contributed by atoms with Gasteiger partial charge in [-0.15, -0.1) is 13.2 Å². The number of halogens is 3. The van der Waals surface area contributed by atoms with Crippen LogP contribution in [0.5, 0.6) is 0 Å². The number of hydrogen-bond acceptors (Lipinski definition) is 7. The number of nitrogens with one attached hydrogen (secondary N) is 1. The van der Waals surface area contributed by atoms with Crippen LogP contribution < -0.4 is 11.2 Å². The first-order chi connectivity index (χ1) is 10.1. The van der Waals surface area contributed by atoms with E-state index in [4.69, 9.17) is 9.84 Å². The third-order valence-corrected chi connectivity index (χ3v) is 3.00. The number of rotatable bonds is 3. The third kappa shape index (κ3) is 2.91. The highest BCUT2D eigenvalue weighted by Crippen LogP contribution is 2.42. The molecule has 4 N–H and O–H groups in total. The Hall–Kier alpha value is -1.73. The van der Waals surface area contributed by atoms with Gasteiger partial charge < -0.3 is 20.1 Å². The fourth-order valence-corrected chi connectivity index (χ4v) is 2.07. The van der Waals surface area contributed by atoms with Gasteiger partial charge in [0.2, 0.25) is 5.79 Å². The summed E-state index contributed by atoms with van der Waals surface area (Å²) in [6, 6.07) is 0.789. The number of aliphatic hydroxyl groups is 3. The fraction of sp³-hybridized carbons (Fsp3) is 0.600. The van der Waals surface area contributed by atoms with Gasteiger partial charge in [-0.05, 0) is 0 Å². The smallest absolute Gasteiger partial charge is 0.394 e. The second-order valence-electron chi connectivity index (χ2n) is 4.47. The highest BCUT2D eigenvalue weighted by molar-refractivity contribution is 4.98. The molecule has 1 aromatic rings. The van der Waals surface area contributed by atoms with Gasteiger partial charge in [0.15, 0.2) is 6.23 Å². The Bertz CT molecular complexity index is 657. The number of alkyl halides is 3. The topological polar surface area (TPSA) is 134 Å². The Kier molecular flexibility index (Phi) is 4.14. The number of aliphatic hydroxyl groups excluding tert-OH is 2. The first-order valence-corrected chi connectivity index (χ1v) is 5.83. The van der Waals surface area contributed by atoms with E-state index >= 15 is 0 Å². The normalized spacial score (nSPS) is 32.4. The maximum absolute atomic E-state index is 12.5. The molecule has 9 nitrogen and oxygen atoms in total. The average molecular weight is 328 g/mol. The van der Waals surface area contributed by atoms with Gasteiger partial charge in [0, 0.05) is 12.3 Å². The van der Waals surface area contributed by atoms with Gasteiger partial charge >= 0.3 is 12.1 Å². The van der Waals surface area contributed by atoms with Crippen molar-refractivity contribution in [1.29, 1.82) is 0 Å². The van der Waals surface area contributed by atoms with Crippen LogP contribution in [0.2, 0.25) is 0 Å². The van der Waals surface area contributed by atoms with E-state index in [9.17, 15) is 33.0 Å². The van der Waals surface area contributed by atoms with E-state index in [0.717, 1.165) is 12.3 Å². The molecule has 1 aliphatic rings. The summed E-state index contributed by atoms with van der Waals surface area (Å²) >= 11 is 0. The molecule has 1 fully saturated rings. The van der Waals surface area contributed by atoms with Crippen LogP contribution in [-0.4, -0.2) is 55.8 Å². The van der Waals surface area contributed by atoms with E-state index < -0.39 is 48.4 Å². The van der Waals surface area contributed by atoms with E-state index in [2.05, 4.69) is 4.74 Å². The maximum atomic E-state index is 12.5. The molecule has 0 saturated carbocycles. The maximum Gasteiger partial charge on any atom is 0.525 e. The van der Waals surface area contributed by atoms with Gasteiger partial charge in [-0.25, -0.2) is 4.79 Å². The summed E-state index contributed by atoms with van der Waals surface area (Å²) in [6.07, 6.45) is -10.7. The molecule has 2 heterocycles. The summed E-state index contributed by atoms with van der Waals surface area (Å²) < 4.78 is 46.1.